The number of hydrogen-bond acceptors (Lipinski definition) is 4. The highest BCUT2D eigenvalue weighted by Gasteiger charge is 2.11. The number of ether oxygens (including phenoxy) is 1. The molecular formula is C18H18IN3O3S. The molecule has 2 rings (SSSR count). The summed E-state index contributed by atoms with van der Waals surface area (Å²) < 4.78 is 6.00. The van der Waals surface area contributed by atoms with Crippen molar-refractivity contribution < 1.29 is 14.3 Å². The van der Waals surface area contributed by atoms with E-state index in [1.807, 2.05) is 6.92 Å². The van der Waals surface area contributed by atoms with Gasteiger partial charge in [0.2, 0.25) is 0 Å². The van der Waals surface area contributed by atoms with Crippen molar-refractivity contribution in [2.75, 3.05) is 19.0 Å². The molecule has 2 amide bonds. The minimum Gasteiger partial charge on any atom is -0.496 e. The number of hydrogen-bond donors (Lipinski definition) is 3. The zero-order chi connectivity index (χ0) is 19.1. The Morgan fingerprint density at radius 2 is 1.85 bits per heavy atom. The third kappa shape index (κ3) is 5.40. The fourth-order valence-corrected chi connectivity index (χ4v) is 3.09. The van der Waals surface area contributed by atoms with Gasteiger partial charge in [-0.15, -0.1) is 0 Å². The highest BCUT2D eigenvalue weighted by atomic mass is 127. The van der Waals surface area contributed by atoms with E-state index in [2.05, 4.69) is 38.5 Å². The van der Waals surface area contributed by atoms with E-state index in [1.165, 1.54) is 0 Å². The molecule has 0 aliphatic heterocycles. The predicted octanol–water partition coefficient (Wildman–Crippen LogP) is 3.18. The van der Waals surface area contributed by atoms with Gasteiger partial charge in [-0.3, -0.25) is 14.9 Å². The van der Waals surface area contributed by atoms with Crippen molar-refractivity contribution >= 4 is 57.4 Å². The van der Waals surface area contributed by atoms with Crippen molar-refractivity contribution in [3.05, 3.63) is 57.2 Å². The van der Waals surface area contributed by atoms with Crippen LogP contribution in [0.1, 0.15) is 27.6 Å². The molecule has 136 valence electrons. The number of carbonyl (C=O) groups excluding carboxylic acids is 2. The Balaban J connectivity index is 2.02. The number of anilines is 1. The van der Waals surface area contributed by atoms with Gasteiger partial charge in [-0.05, 0) is 78.1 Å². The van der Waals surface area contributed by atoms with Gasteiger partial charge in [-0.1, -0.05) is 6.07 Å². The lowest BCUT2D eigenvalue weighted by Gasteiger charge is -2.11. The highest BCUT2D eigenvalue weighted by Crippen LogP contribution is 2.21. The van der Waals surface area contributed by atoms with Gasteiger partial charge in [0, 0.05) is 23.4 Å². The van der Waals surface area contributed by atoms with E-state index in [4.69, 9.17) is 17.0 Å². The van der Waals surface area contributed by atoms with Crippen LogP contribution in [0.25, 0.3) is 0 Å². The molecule has 0 fully saturated rings. The number of methoxy groups -OCH3 is 1. The number of amides is 2. The molecule has 26 heavy (non-hydrogen) atoms. The second kappa shape index (κ2) is 9.48. The molecule has 0 radical (unpaired) electrons. The summed E-state index contributed by atoms with van der Waals surface area (Å²) in [5.41, 5.74) is 1.59. The molecule has 6 nitrogen and oxygen atoms in total. The number of thiocarbonyl (C=S) groups is 1. The molecule has 2 aromatic carbocycles. The van der Waals surface area contributed by atoms with E-state index in [-0.39, 0.29) is 16.9 Å². The topological polar surface area (TPSA) is 79.5 Å². The molecule has 8 heteroatoms. The van der Waals surface area contributed by atoms with Gasteiger partial charge in [0.1, 0.15) is 5.75 Å². The van der Waals surface area contributed by atoms with Crippen LogP contribution in [0.4, 0.5) is 5.69 Å². The molecule has 0 unspecified atom stereocenters. The first-order valence-corrected chi connectivity index (χ1v) is 9.27. The molecule has 0 aliphatic rings. The first kappa shape index (κ1) is 20.1. The fraction of sp³-hybridized carbons (Fsp3) is 0.167. The summed E-state index contributed by atoms with van der Waals surface area (Å²) in [6.07, 6.45) is 0. The summed E-state index contributed by atoms with van der Waals surface area (Å²) >= 11 is 7.28. The standard InChI is InChI=1S/C18H18IN3O3S/c1-3-20-16(23)11-5-4-6-13(9-11)21-18(26)22-17(24)12-7-8-15(25-2)14(19)10-12/h4-10H,3H2,1-2H3,(H,20,23)(H2,21,22,24,26). The Bertz CT molecular complexity index is 842. The molecule has 0 heterocycles. The lowest BCUT2D eigenvalue weighted by Crippen LogP contribution is -2.34. The largest absolute Gasteiger partial charge is 0.496 e. The summed E-state index contributed by atoms with van der Waals surface area (Å²) in [5, 5.41) is 8.41. The number of rotatable bonds is 5. The van der Waals surface area contributed by atoms with E-state index in [0.717, 1.165) is 3.57 Å². The first-order valence-electron chi connectivity index (χ1n) is 7.78. The second-order valence-electron chi connectivity index (χ2n) is 5.20. The molecule has 0 aliphatic carbocycles. The van der Waals surface area contributed by atoms with E-state index >= 15 is 0 Å². The van der Waals surface area contributed by atoms with Gasteiger partial charge in [0.05, 0.1) is 10.7 Å². The van der Waals surface area contributed by atoms with Crippen molar-refractivity contribution in [3.8, 4) is 5.75 Å². The Labute approximate surface area is 170 Å². The summed E-state index contributed by atoms with van der Waals surface area (Å²) in [5.74, 6) is 0.201. The monoisotopic (exact) mass is 483 g/mol. The molecule has 0 aromatic heterocycles. The summed E-state index contributed by atoms with van der Waals surface area (Å²) in [6.45, 7) is 2.40. The van der Waals surface area contributed by atoms with Gasteiger partial charge in [0.15, 0.2) is 5.11 Å². The van der Waals surface area contributed by atoms with Gasteiger partial charge in [-0.2, -0.15) is 0 Å². The van der Waals surface area contributed by atoms with Crippen LogP contribution in [0, 0.1) is 3.57 Å². The quantitative estimate of drug-likeness (QED) is 0.450. The minimum atomic E-state index is -0.331. The molecular weight excluding hydrogens is 465 g/mol. The Morgan fingerprint density at radius 3 is 2.50 bits per heavy atom. The maximum absolute atomic E-state index is 12.3. The van der Waals surface area contributed by atoms with Crippen molar-refractivity contribution in [1.82, 2.24) is 10.6 Å². The van der Waals surface area contributed by atoms with E-state index in [1.54, 1.807) is 49.6 Å². The first-order chi connectivity index (χ1) is 12.4. The van der Waals surface area contributed by atoms with Crippen LogP contribution in [-0.4, -0.2) is 30.6 Å². The van der Waals surface area contributed by atoms with Crippen LogP contribution in [-0.2, 0) is 0 Å². The number of halogens is 1. The molecule has 0 spiro atoms. The van der Waals surface area contributed by atoms with Gasteiger partial charge >= 0.3 is 0 Å². The molecule has 3 N–H and O–H groups in total. The Hall–Kier alpha value is -2.20. The van der Waals surface area contributed by atoms with Gasteiger partial charge < -0.3 is 15.4 Å². The summed E-state index contributed by atoms with van der Waals surface area (Å²) in [4.78, 5) is 24.2. The maximum atomic E-state index is 12.3. The van der Waals surface area contributed by atoms with Crippen LogP contribution in [0.3, 0.4) is 0 Å². The second-order valence-corrected chi connectivity index (χ2v) is 6.77. The minimum absolute atomic E-state index is 0.147. The van der Waals surface area contributed by atoms with Crippen LogP contribution in [0.2, 0.25) is 0 Å². The fourth-order valence-electron chi connectivity index (χ4n) is 2.15. The summed E-state index contributed by atoms with van der Waals surface area (Å²) in [7, 11) is 1.57. The third-order valence-electron chi connectivity index (χ3n) is 3.36. The molecule has 0 saturated heterocycles. The van der Waals surface area contributed by atoms with Crippen LogP contribution >= 0.6 is 34.8 Å². The normalized spacial score (nSPS) is 9.96. The van der Waals surface area contributed by atoms with E-state index < -0.39 is 0 Å². The number of carbonyl (C=O) groups is 2. The van der Waals surface area contributed by atoms with E-state index in [0.29, 0.717) is 29.1 Å². The zero-order valence-electron chi connectivity index (χ0n) is 14.3. The lowest BCUT2D eigenvalue weighted by atomic mass is 10.2. The SMILES string of the molecule is CCNC(=O)c1cccc(NC(=S)NC(=O)c2ccc(OC)c(I)c2)c1. The number of benzene rings is 2. The van der Waals surface area contributed by atoms with Gasteiger partial charge in [-0.25, -0.2) is 0 Å². The molecule has 0 bridgehead atoms. The van der Waals surface area contributed by atoms with Crippen molar-refractivity contribution in [1.29, 1.82) is 0 Å². The summed E-state index contributed by atoms with van der Waals surface area (Å²) in [6, 6.07) is 12.0. The van der Waals surface area contributed by atoms with Crippen LogP contribution in [0.15, 0.2) is 42.5 Å². The predicted molar refractivity (Wildman–Crippen MR) is 114 cm³/mol. The van der Waals surface area contributed by atoms with Crippen LogP contribution in [0.5, 0.6) is 5.75 Å². The van der Waals surface area contributed by atoms with Crippen molar-refractivity contribution in [2.45, 2.75) is 6.92 Å². The maximum Gasteiger partial charge on any atom is 0.257 e. The zero-order valence-corrected chi connectivity index (χ0v) is 17.2. The third-order valence-corrected chi connectivity index (χ3v) is 4.41. The average Bonchev–Trinajstić information content (AvgIpc) is 2.61. The highest BCUT2D eigenvalue weighted by molar-refractivity contribution is 14.1. The molecule has 0 saturated carbocycles. The van der Waals surface area contributed by atoms with Crippen LogP contribution < -0.4 is 20.7 Å². The smallest absolute Gasteiger partial charge is 0.257 e. The van der Waals surface area contributed by atoms with Crippen molar-refractivity contribution in [2.24, 2.45) is 0 Å². The average molecular weight is 483 g/mol. The Morgan fingerprint density at radius 1 is 1.12 bits per heavy atom. The van der Waals surface area contributed by atoms with Crippen molar-refractivity contribution in [3.63, 3.8) is 0 Å². The number of nitrogens with one attached hydrogen (secondary N) is 3. The van der Waals surface area contributed by atoms with Gasteiger partial charge in [0.25, 0.3) is 11.8 Å². The van der Waals surface area contributed by atoms with E-state index in [9.17, 15) is 9.59 Å². The molecule has 0 atom stereocenters. The Kier molecular flexibility index (Phi) is 7.34. The molecule has 2 aromatic rings. The lowest BCUT2D eigenvalue weighted by molar-refractivity contribution is 0.0953.